The average Bonchev–Trinajstić information content (AvgIpc) is 1.03. The molecule has 13 aromatic carbocycles. The van der Waals surface area contributed by atoms with Gasteiger partial charge in [0.25, 0.3) is 6.71 Å². The van der Waals surface area contributed by atoms with Crippen molar-refractivity contribution in [2.75, 3.05) is 9.80 Å². The standard InChI is InChI=1S/C128H151BN4/c1-118(2,3)74-80-46-54-107-101(58-80)102-59-81(75-119(4,5)6)47-55-108(102)130(107)95-50-52-105-113(70-95)132(111-72-97(84-38-34-42-90(62-84)124(19,20)21)88(78-122(13,14)15)66-99(111)86-40-36-44-92(64-86)126(25,26)27)115-68-94(128(31,32)33)69-116-117(115)129(105)106-53-51-96(131-109-56-48-82(76-120(7,8)9)60-103(109)104-61-83(49-57-110(104)131)77-121(10,11)12)71-114(106)133(116)112-73-98(85-39-35-43-91(63-85)125(22,23)24)89(79-123(16,17)18)67-100(112)87-41-37-45-93(65-87)127(28,29)30/h34-73H,74-79H2,1-33H3/i78D2,79D2. The zero-order valence-electron chi connectivity index (χ0n) is 90.8. The molecule has 2 aliphatic rings. The van der Waals surface area contributed by atoms with E-state index in [1.54, 1.807) is 0 Å². The Hall–Kier alpha value is -10.9. The molecular weight excluding hydrogens is 1600 g/mol. The summed E-state index contributed by atoms with van der Waals surface area (Å²) in [6, 6.07) is 94.6. The van der Waals surface area contributed by atoms with Gasteiger partial charge in [0, 0.05) is 72.3 Å². The lowest BCUT2D eigenvalue weighted by atomic mass is 9.33. The first kappa shape index (κ1) is 88.7. The lowest BCUT2D eigenvalue weighted by molar-refractivity contribution is 0.411. The summed E-state index contributed by atoms with van der Waals surface area (Å²) < 4.78 is 48.7. The maximum absolute atomic E-state index is 10.9. The first-order valence-electron chi connectivity index (χ1n) is 51.3. The molecule has 0 amide bonds. The molecule has 0 fully saturated rings. The maximum Gasteiger partial charge on any atom is 0.252 e. The molecule has 0 N–H and O–H groups in total. The van der Waals surface area contributed by atoms with Gasteiger partial charge in [-0.2, -0.15) is 0 Å². The molecule has 0 bridgehead atoms. The van der Waals surface area contributed by atoms with Crippen LogP contribution >= 0.6 is 0 Å². The van der Waals surface area contributed by atoms with Crippen molar-refractivity contribution in [3.8, 4) is 55.9 Å². The predicted molar refractivity (Wildman–Crippen MR) is 583 cm³/mol. The highest BCUT2D eigenvalue weighted by Crippen LogP contribution is 2.55. The van der Waals surface area contributed by atoms with Crippen molar-refractivity contribution in [2.24, 2.45) is 32.5 Å². The van der Waals surface area contributed by atoms with Crippen LogP contribution in [0.3, 0.4) is 0 Å². The van der Waals surface area contributed by atoms with E-state index in [0.29, 0.717) is 11.1 Å². The monoisotopic (exact) mass is 1760 g/mol. The summed E-state index contributed by atoms with van der Waals surface area (Å²) in [5, 5.41) is 4.93. The van der Waals surface area contributed by atoms with Gasteiger partial charge in [0.15, 0.2) is 0 Å². The normalized spacial score (nSPS) is 14.5. The van der Waals surface area contributed by atoms with Gasteiger partial charge in [0.1, 0.15) is 0 Å². The van der Waals surface area contributed by atoms with Gasteiger partial charge in [-0.05, 0) is 318 Å². The van der Waals surface area contributed by atoms with Crippen LogP contribution in [0.25, 0.3) is 99.5 Å². The van der Waals surface area contributed by atoms with Crippen molar-refractivity contribution in [3.05, 3.63) is 304 Å². The Bertz CT molecular complexity index is 6730. The number of anilines is 6. The van der Waals surface area contributed by atoms with Crippen molar-refractivity contribution in [1.82, 2.24) is 9.13 Å². The number of aromatic nitrogens is 2. The Morgan fingerprint density at radius 1 is 0.233 bits per heavy atom. The van der Waals surface area contributed by atoms with Crippen LogP contribution in [-0.4, -0.2) is 15.8 Å². The Kier molecular flexibility index (Phi) is 22.0. The second kappa shape index (κ2) is 33.0. The largest absolute Gasteiger partial charge is 0.311 e. The van der Waals surface area contributed by atoms with Crippen LogP contribution in [0.1, 0.15) is 295 Å². The van der Waals surface area contributed by atoms with E-state index in [1.807, 2.05) is 0 Å². The molecule has 0 unspecified atom stereocenters. The van der Waals surface area contributed by atoms with Gasteiger partial charge in [-0.15, -0.1) is 0 Å². The maximum atomic E-state index is 10.9. The molecule has 686 valence electrons. The van der Waals surface area contributed by atoms with E-state index < -0.39 is 35.7 Å². The number of hydrogen-bond acceptors (Lipinski definition) is 2. The van der Waals surface area contributed by atoms with E-state index in [0.717, 1.165) is 160 Å². The predicted octanol–water partition coefficient (Wildman–Crippen LogP) is 34.7. The van der Waals surface area contributed by atoms with Crippen molar-refractivity contribution < 1.29 is 5.48 Å². The molecule has 4 nitrogen and oxygen atoms in total. The molecule has 2 aliphatic heterocycles. The van der Waals surface area contributed by atoms with Crippen LogP contribution in [0, 0.1) is 32.5 Å². The fraction of sp³-hybridized carbons (Fsp3) is 0.391. The van der Waals surface area contributed by atoms with E-state index in [9.17, 15) is 5.48 Å². The van der Waals surface area contributed by atoms with Crippen LogP contribution in [0.4, 0.5) is 34.1 Å². The second-order valence-electron chi connectivity index (χ2n) is 51.7. The molecule has 5 heteroatoms. The van der Waals surface area contributed by atoms with Gasteiger partial charge in [-0.25, -0.2) is 0 Å². The van der Waals surface area contributed by atoms with Gasteiger partial charge in [-0.3, -0.25) is 0 Å². The summed E-state index contributed by atoms with van der Waals surface area (Å²) in [5.74, 6) is 0. The average molecular weight is 1760 g/mol. The minimum Gasteiger partial charge on any atom is -0.311 e. The third kappa shape index (κ3) is 19.2. The Morgan fingerprint density at radius 3 is 0.759 bits per heavy atom. The van der Waals surface area contributed by atoms with Crippen LogP contribution in [0.5, 0.6) is 0 Å². The highest BCUT2D eigenvalue weighted by molar-refractivity contribution is 7.00. The highest BCUT2D eigenvalue weighted by atomic mass is 15.2. The van der Waals surface area contributed by atoms with Gasteiger partial charge in [-0.1, -0.05) is 362 Å². The van der Waals surface area contributed by atoms with Gasteiger partial charge in [0.05, 0.1) is 33.4 Å². The molecule has 0 atom stereocenters. The first-order chi connectivity index (χ1) is 63.3. The lowest BCUT2D eigenvalue weighted by Crippen LogP contribution is -2.61. The summed E-state index contributed by atoms with van der Waals surface area (Å²) >= 11 is 0. The van der Waals surface area contributed by atoms with E-state index in [-0.39, 0.29) is 43.3 Å². The number of rotatable bonds is 14. The molecule has 0 radical (unpaired) electrons. The third-order valence-electron chi connectivity index (χ3n) is 27.1. The number of nitrogens with zero attached hydrogens (tertiary/aromatic N) is 4. The highest BCUT2D eigenvalue weighted by Gasteiger charge is 2.47. The van der Waals surface area contributed by atoms with E-state index in [4.69, 9.17) is 0 Å². The van der Waals surface area contributed by atoms with Crippen LogP contribution in [-0.2, 0) is 65.5 Å². The van der Waals surface area contributed by atoms with Crippen LogP contribution < -0.4 is 26.2 Å². The van der Waals surface area contributed by atoms with E-state index in [2.05, 4.69) is 490 Å². The first-order valence-corrected chi connectivity index (χ1v) is 49.3. The lowest BCUT2D eigenvalue weighted by Gasteiger charge is -2.46. The van der Waals surface area contributed by atoms with Crippen molar-refractivity contribution in [1.29, 1.82) is 0 Å². The fourth-order valence-electron chi connectivity index (χ4n) is 21.0. The summed E-state index contributed by atoms with van der Waals surface area (Å²) in [6.45, 7) is 74.7. The SMILES string of the molecule is [2H]C([2H])(c1cc(-c2cccc(C(C)(C)C)c2)c(N2c3cc(-n4c5ccc(CC(C)(C)C)cc5c5cc(CC(C)(C)C)ccc54)ccc3B3c4ccc(-n5c6ccc(CC(C)(C)C)cc6c6cc(CC(C)(C)C)ccc65)cc4N(c4cc(-c5cccc(C(C)(C)C)c5)c(C([2H])([2H])C(C)(C)C)cc4-c4cccc(C(C)(C)C)c4)c4cc(C(C)(C)C)cc2c43)cc1-c1cccc(C(C)(C)C)c1)C(C)(C)C. The van der Waals surface area contributed by atoms with Gasteiger partial charge < -0.3 is 18.9 Å². The Balaban J connectivity index is 1.10. The zero-order chi connectivity index (χ0) is 99.4. The Morgan fingerprint density at radius 2 is 0.504 bits per heavy atom. The van der Waals surface area contributed by atoms with Gasteiger partial charge >= 0.3 is 0 Å². The molecule has 2 aromatic heterocycles. The quantitative estimate of drug-likeness (QED) is 0.101. The van der Waals surface area contributed by atoms with Crippen molar-refractivity contribution in [2.45, 2.75) is 294 Å². The second-order valence-corrected chi connectivity index (χ2v) is 51.7. The van der Waals surface area contributed by atoms with Crippen LogP contribution in [0.2, 0.25) is 0 Å². The summed E-state index contributed by atoms with van der Waals surface area (Å²) in [6.07, 6.45) is -0.0363. The van der Waals surface area contributed by atoms with Gasteiger partial charge in [0.2, 0.25) is 0 Å². The number of fused-ring (bicyclic) bond motifs is 10. The Labute approximate surface area is 806 Å². The summed E-state index contributed by atoms with van der Waals surface area (Å²) in [5.41, 5.74) is 32.7. The molecule has 133 heavy (non-hydrogen) atoms. The molecule has 0 saturated carbocycles. The minimum atomic E-state index is -1.87. The molecule has 0 saturated heterocycles. The zero-order valence-corrected chi connectivity index (χ0v) is 86.8. The number of hydrogen-bond donors (Lipinski definition) is 0. The molecule has 4 heterocycles. The molecule has 0 aliphatic carbocycles. The fourth-order valence-corrected chi connectivity index (χ4v) is 21.0. The summed E-state index contributed by atoms with van der Waals surface area (Å²) in [4.78, 5) is 5.31. The van der Waals surface area contributed by atoms with Crippen LogP contribution in [0.15, 0.2) is 243 Å². The minimum absolute atomic E-state index is 0.0500. The molecular formula is C128H151BN4. The number of benzene rings is 13. The smallest absolute Gasteiger partial charge is 0.252 e. The topological polar surface area (TPSA) is 16.3 Å². The molecule has 17 rings (SSSR count). The van der Waals surface area contributed by atoms with E-state index in [1.165, 1.54) is 66.1 Å². The van der Waals surface area contributed by atoms with Crippen molar-refractivity contribution in [3.63, 3.8) is 0 Å². The third-order valence-corrected chi connectivity index (χ3v) is 27.1. The molecule has 0 spiro atoms. The summed E-state index contributed by atoms with van der Waals surface area (Å²) in [7, 11) is 0. The molecule has 15 aromatic rings. The van der Waals surface area contributed by atoms with Crippen molar-refractivity contribution >= 4 is 101 Å². The van der Waals surface area contributed by atoms with E-state index >= 15 is 0 Å².